The number of carbonyl (C=O) groups excluding carboxylic acids is 2. The van der Waals surface area contributed by atoms with E-state index >= 15 is 0 Å². The summed E-state index contributed by atoms with van der Waals surface area (Å²) in [4.78, 5) is 24.9. The van der Waals surface area contributed by atoms with Crippen LogP contribution in [0, 0.1) is 0 Å². The number of amides is 1. The lowest BCUT2D eigenvalue weighted by Gasteiger charge is -2.16. The molecule has 9 nitrogen and oxygen atoms in total. The number of nitrogens with zero attached hydrogens (tertiary/aromatic N) is 2. The summed E-state index contributed by atoms with van der Waals surface area (Å²) in [7, 11) is 5.66. The first-order valence-corrected chi connectivity index (χ1v) is 9.57. The number of methoxy groups -OCH3 is 4. The molecule has 2 aromatic rings. The molecule has 31 heavy (non-hydrogen) atoms. The topological polar surface area (TPSA) is 108 Å². The molecule has 1 atom stereocenters. The first-order valence-electron chi connectivity index (χ1n) is 8.81. The van der Waals surface area contributed by atoms with Crippen LogP contribution in [0.2, 0.25) is 10.0 Å². The smallest absolute Gasteiger partial charge is 0.258 e. The number of anilines is 1. The number of azo groups is 1. The number of nitrogens with one attached hydrogen (secondary N) is 1. The number of halogens is 2. The number of carbonyl (C=O) groups is 2. The molecule has 0 fully saturated rings. The highest BCUT2D eigenvalue weighted by atomic mass is 35.5. The number of benzene rings is 2. The van der Waals surface area contributed by atoms with E-state index in [-0.39, 0.29) is 27.9 Å². The van der Waals surface area contributed by atoms with Crippen LogP contribution < -0.4 is 24.3 Å². The van der Waals surface area contributed by atoms with Gasteiger partial charge in [-0.2, -0.15) is 5.11 Å². The molecule has 2 rings (SSSR count). The van der Waals surface area contributed by atoms with Crippen molar-refractivity contribution >= 4 is 46.3 Å². The molecule has 0 saturated heterocycles. The molecule has 11 heteroatoms. The van der Waals surface area contributed by atoms with E-state index in [1.54, 1.807) is 12.1 Å². The molecule has 1 N–H and O–H groups in total. The SMILES string of the molecule is COc1ccc(Cl)c(OC)c1N=NC(C(C)=O)C(=O)Nc1cc(Cl)cc(OC)c1OC. The Balaban J connectivity index is 2.41. The molecular weight excluding hydrogens is 449 g/mol. The normalized spacial score (nSPS) is 11.7. The number of rotatable bonds is 9. The fourth-order valence-electron chi connectivity index (χ4n) is 2.64. The molecule has 1 amide bonds. The van der Waals surface area contributed by atoms with Crippen LogP contribution in [0.15, 0.2) is 34.5 Å². The lowest BCUT2D eigenvalue weighted by molar-refractivity contribution is -0.126. The summed E-state index contributed by atoms with van der Waals surface area (Å²) in [5.41, 5.74) is 0.342. The average Bonchev–Trinajstić information content (AvgIpc) is 2.73. The second-order valence-corrected chi connectivity index (χ2v) is 6.88. The number of hydrogen-bond donors (Lipinski definition) is 1. The van der Waals surface area contributed by atoms with Gasteiger partial charge in [-0.25, -0.2) is 0 Å². The molecule has 0 aliphatic heterocycles. The Bertz CT molecular complexity index is 1010. The van der Waals surface area contributed by atoms with Crippen LogP contribution in [0.3, 0.4) is 0 Å². The van der Waals surface area contributed by atoms with Gasteiger partial charge in [-0.15, -0.1) is 5.11 Å². The van der Waals surface area contributed by atoms with Crippen LogP contribution in [0.4, 0.5) is 11.4 Å². The van der Waals surface area contributed by atoms with Gasteiger partial charge in [0.25, 0.3) is 5.91 Å². The minimum Gasteiger partial charge on any atom is -0.494 e. The Labute approximate surface area is 189 Å². The van der Waals surface area contributed by atoms with Crippen LogP contribution in [-0.4, -0.2) is 46.2 Å². The van der Waals surface area contributed by atoms with Gasteiger partial charge in [-0.05, 0) is 25.1 Å². The van der Waals surface area contributed by atoms with E-state index in [2.05, 4.69) is 15.5 Å². The Kier molecular flexibility index (Phi) is 8.47. The average molecular weight is 470 g/mol. The molecule has 166 valence electrons. The summed E-state index contributed by atoms with van der Waals surface area (Å²) in [6.07, 6.45) is 0. The standard InChI is InChI=1S/C20H21Cl2N3O6/c1-10(26)16(24-25-17-14(28-2)7-6-12(22)18(17)30-4)20(27)23-13-8-11(21)9-15(29-3)19(13)31-5/h6-9,16H,1-5H3,(H,23,27). The zero-order valence-electron chi connectivity index (χ0n) is 17.5. The van der Waals surface area contributed by atoms with E-state index in [0.717, 1.165) is 0 Å². The molecular formula is C20H21Cl2N3O6. The second-order valence-electron chi connectivity index (χ2n) is 6.04. The van der Waals surface area contributed by atoms with Gasteiger partial charge in [0, 0.05) is 11.1 Å². The van der Waals surface area contributed by atoms with Crippen molar-refractivity contribution < 1.29 is 28.5 Å². The molecule has 0 aliphatic carbocycles. The van der Waals surface area contributed by atoms with Crippen molar-refractivity contribution in [1.29, 1.82) is 0 Å². The van der Waals surface area contributed by atoms with Gasteiger partial charge >= 0.3 is 0 Å². The van der Waals surface area contributed by atoms with E-state index < -0.39 is 17.7 Å². The van der Waals surface area contributed by atoms with Crippen molar-refractivity contribution in [2.24, 2.45) is 10.2 Å². The van der Waals surface area contributed by atoms with Gasteiger partial charge in [0.1, 0.15) is 5.75 Å². The van der Waals surface area contributed by atoms with E-state index in [9.17, 15) is 9.59 Å². The van der Waals surface area contributed by atoms with E-state index in [0.29, 0.717) is 16.5 Å². The van der Waals surface area contributed by atoms with Gasteiger partial charge < -0.3 is 24.3 Å². The zero-order chi connectivity index (χ0) is 23.1. The fraction of sp³-hybridized carbons (Fsp3) is 0.300. The molecule has 0 aromatic heterocycles. The molecule has 0 bridgehead atoms. The molecule has 0 radical (unpaired) electrons. The van der Waals surface area contributed by atoms with Crippen molar-refractivity contribution in [3.8, 4) is 23.0 Å². The van der Waals surface area contributed by atoms with E-state index in [1.165, 1.54) is 47.5 Å². The molecule has 0 aliphatic rings. The minimum absolute atomic E-state index is 0.138. The van der Waals surface area contributed by atoms with E-state index in [4.69, 9.17) is 42.1 Å². The largest absolute Gasteiger partial charge is 0.494 e. The molecule has 2 aromatic carbocycles. The van der Waals surface area contributed by atoms with Crippen LogP contribution in [0.25, 0.3) is 0 Å². The second kappa shape index (κ2) is 10.8. The molecule has 0 spiro atoms. The molecule has 0 saturated carbocycles. The number of ketones is 1. The highest BCUT2D eigenvalue weighted by Crippen LogP contribution is 2.43. The Morgan fingerprint density at radius 1 is 0.935 bits per heavy atom. The first-order chi connectivity index (χ1) is 14.8. The van der Waals surface area contributed by atoms with Gasteiger partial charge in [0.2, 0.25) is 6.04 Å². The van der Waals surface area contributed by atoms with Gasteiger partial charge in [0.05, 0.1) is 39.1 Å². The Hall–Kier alpha value is -3.04. The third-order valence-electron chi connectivity index (χ3n) is 4.08. The summed E-state index contributed by atoms with van der Waals surface area (Å²) in [5, 5.41) is 11.0. The fourth-order valence-corrected chi connectivity index (χ4v) is 3.08. The Morgan fingerprint density at radius 3 is 2.13 bits per heavy atom. The third-order valence-corrected chi connectivity index (χ3v) is 4.59. The lowest BCUT2D eigenvalue weighted by Crippen LogP contribution is -2.32. The summed E-state index contributed by atoms with van der Waals surface area (Å²) < 4.78 is 21.0. The zero-order valence-corrected chi connectivity index (χ0v) is 19.0. The molecule has 1 unspecified atom stereocenters. The van der Waals surface area contributed by atoms with Crippen molar-refractivity contribution in [2.75, 3.05) is 33.8 Å². The van der Waals surface area contributed by atoms with Crippen LogP contribution in [0.1, 0.15) is 6.92 Å². The van der Waals surface area contributed by atoms with Crippen LogP contribution in [0.5, 0.6) is 23.0 Å². The Morgan fingerprint density at radius 2 is 1.58 bits per heavy atom. The maximum Gasteiger partial charge on any atom is 0.258 e. The first kappa shape index (κ1) is 24.2. The highest BCUT2D eigenvalue weighted by molar-refractivity contribution is 6.32. The lowest BCUT2D eigenvalue weighted by atomic mass is 10.2. The van der Waals surface area contributed by atoms with Crippen LogP contribution in [-0.2, 0) is 9.59 Å². The van der Waals surface area contributed by atoms with Crippen molar-refractivity contribution in [3.63, 3.8) is 0 Å². The monoisotopic (exact) mass is 469 g/mol. The van der Waals surface area contributed by atoms with E-state index in [1.807, 2.05) is 0 Å². The highest BCUT2D eigenvalue weighted by Gasteiger charge is 2.26. The predicted molar refractivity (Wildman–Crippen MR) is 117 cm³/mol. The van der Waals surface area contributed by atoms with Crippen molar-refractivity contribution in [3.05, 3.63) is 34.3 Å². The quantitative estimate of drug-likeness (QED) is 0.420. The van der Waals surface area contributed by atoms with Gasteiger partial charge in [-0.3, -0.25) is 9.59 Å². The number of ether oxygens (including phenoxy) is 4. The predicted octanol–water partition coefficient (Wildman–Crippen LogP) is 4.71. The molecule has 0 heterocycles. The number of hydrogen-bond acceptors (Lipinski definition) is 8. The van der Waals surface area contributed by atoms with Crippen molar-refractivity contribution in [2.45, 2.75) is 13.0 Å². The summed E-state index contributed by atoms with van der Waals surface area (Å²) in [6.45, 7) is 1.21. The third kappa shape index (κ3) is 5.56. The summed E-state index contributed by atoms with van der Waals surface area (Å²) in [6, 6.07) is 4.63. The number of Topliss-reactive ketones (excluding diaryl/α,β-unsaturated/α-hetero) is 1. The van der Waals surface area contributed by atoms with Gasteiger partial charge in [-0.1, -0.05) is 23.2 Å². The minimum atomic E-state index is -1.47. The van der Waals surface area contributed by atoms with Gasteiger partial charge in [0.15, 0.2) is 28.7 Å². The maximum atomic E-state index is 12.8. The summed E-state index contributed by atoms with van der Waals surface area (Å²) >= 11 is 12.2. The van der Waals surface area contributed by atoms with Crippen LogP contribution >= 0.6 is 23.2 Å². The summed E-state index contributed by atoms with van der Waals surface area (Å²) in [5.74, 6) is -0.270. The van der Waals surface area contributed by atoms with Crippen molar-refractivity contribution in [1.82, 2.24) is 0 Å². The maximum absolute atomic E-state index is 12.8.